The van der Waals surface area contributed by atoms with Crippen LogP contribution in [0.25, 0.3) is 11.3 Å². The van der Waals surface area contributed by atoms with Crippen LogP contribution in [0.4, 0.5) is 17.3 Å². The van der Waals surface area contributed by atoms with Crippen molar-refractivity contribution in [3.8, 4) is 22.8 Å². The summed E-state index contributed by atoms with van der Waals surface area (Å²) in [6.07, 6.45) is 9.73. The van der Waals surface area contributed by atoms with Crippen molar-refractivity contribution < 1.29 is 18.4 Å². The lowest BCUT2D eigenvalue weighted by molar-refractivity contribution is 0.0259. The Morgan fingerprint density at radius 2 is 2.00 bits per heavy atom. The second kappa shape index (κ2) is 13.4. The van der Waals surface area contributed by atoms with E-state index in [1.807, 2.05) is 41.1 Å². The van der Waals surface area contributed by atoms with Gasteiger partial charge in [-0.15, -0.1) is 0 Å². The molecule has 0 saturated carbocycles. The Hall–Kier alpha value is -4.00. The Kier molecular flexibility index (Phi) is 9.22. The topological polar surface area (TPSA) is 138 Å². The molecule has 40 heavy (non-hydrogen) atoms. The van der Waals surface area contributed by atoms with Crippen LogP contribution in [0.1, 0.15) is 19.3 Å². The fourth-order valence-corrected chi connectivity index (χ4v) is 5.32. The number of nitrogens with two attached hydrogens (primary N) is 1. The first-order chi connectivity index (χ1) is 19.6. The summed E-state index contributed by atoms with van der Waals surface area (Å²) in [6, 6.07) is 12.9. The molecule has 0 aliphatic carbocycles. The normalized spacial score (nSPS) is 14.5. The molecule has 1 aliphatic rings. The van der Waals surface area contributed by atoms with E-state index < -0.39 is 11.0 Å². The molecule has 2 aromatic carbocycles. The molecule has 0 amide bonds. The number of nitrogen functional groups attached to an aromatic ring is 1. The minimum atomic E-state index is -1.42. The van der Waals surface area contributed by atoms with E-state index in [2.05, 4.69) is 25.0 Å². The Morgan fingerprint density at radius 3 is 2.77 bits per heavy atom. The van der Waals surface area contributed by atoms with Gasteiger partial charge in [0.05, 0.1) is 42.9 Å². The zero-order valence-corrected chi connectivity index (χ0v) is 23.1. The molecular weight excluding hydrogens is 530 g/mol. The molecule has 11 nitrogen and oxygen atoms in total. The minimum absolute atomic E-state index is 0.112. The molecule has 0 spiro atoms. The fourth-order valence-electron chi connectivity index (χ4n) is 4.32. The number of benzene rings is 2. The van der Waals surface area contributed by atoms with Crippen LogP contribution in [0.2, 0.25) is 0 Å². The summed E-state index contributed by atoms with van der Waals surface area (Å²) in [5, 5.41) is 3.20. The molecule has 0 radical (unpaired) electrons. The summed E-state index contributed by atoms with van der Waals surface area (Å²) in [6.45, 7) is 2.79. The number of aryl methyl sites for hydroxylation is 1. The molecular formula is C28H33N7O4S. The van der Waals surface area contributed by atoms with Gasteiger partial charge >= 0.3 is 0 Å². The molecule has 5 rings (SSSR count). The van der Waals surface area contributed by atoms with Crippen molar-refractivity contribution in [2.75, 3.05) is 37.9 Å². The van der Waals surface area contributed by atoms with Gasteiger partial charge in [-0.2, -0.15) is 0 Å². The number of anilines is 3. The van der Waals surface area contributed by atoms with E-state index in [0.29, 0.717) is 59.2 Å². The molecule has 210 valence electrons. The Morgan fingerprint density at radius 1 is 1.12 bits per heavy atom. The average molecular weight is 564 g/mol. The highest BCUT2D eigenvalue weighted by atomic mass is 32.2. The summed E-state index contributed by atoms with van der Waals surface area (Å²) in [5.41, 5.74) is 9.13. The molecule has 2 aromatic heterocycles. The smallest absolute Gasteiger partial charge is 0.227 e. The third-order valence-corrected chi connectivity index (χ3v) is 7.63. The number of methoxy groups -OCH3 is 1. The van der Waals surface area contributed by atoms with Crippen LogP contribution in [0.5, 0.6) is 11.5 Å². The maximum Gasteiger partial charge on any atom is 0.227 e. The van der Waals surface area contributed by atoms with Gasteiger partial charge < -0.3 is 29.8 Å². The highest BCUT2D eigenvalue weighted by molar-refractivity contribution is 7.83. The van der Waals surface area contributed by atoms with Crippen LogP contribution in [0.3, 0.4) is 0 Å². The van der Waals surface area contributed by atoms with Crippen molar-refractivity contribution in [1.29, 1.82) is 0 Å². The summed E-state index contributed by atoms with van der Waals surface area (Å²) in [5.74, 6) is 1.57. The monoisotopic (exact) mass is 563 g/mol. The molecule has 12 heteroatoms. The standard InChI is InChI=1S/C28H33N7O4S/c1-37-26-18-21(4-6-27(26)40(36)32-10-2-13-35-14-12-30-19-35)33-28-31-11-7-24(34-28)20-3-5-25(23(29)17-20)39-22-8-15-38-16-9-22/h3-7,11-12,14,17-19,22,32H,2,8-10,13,15-16,29H2,1H3,(H,31,33,34). The van der Waals surface area contributed by atoms with Gasteiger partial charge in [-0.05, 0) is 42.8 Å². The number of nitrogens with one attached hydrogen (secondary N) is 2. The highest BCUT2D eigenvalue weighted by Crippen LogP contribution is 2.31. The lowest BCUT2D eigenvalue weighted by Crippen LogP contribution is -2.26. The second-order valence-electron chi connectivity index (χ2n) is 9.26. The predicted octanol–water partition coefficient (Wildman–Crippen LogP) is 3.93. The van der Waals surface area contributed by atoms with Gasteiger partial charge in [0, 0.05) is 61.8 Å². The van der Waals surface area contributed by atoms with E-state index >= 15 is 0 Å². The van der Waals surface area contributed by atoms with E-state index in [4.69, 9.17) is 19.9 Å². The van der Waals surface area contributed by atoms with Crippen LogP contribution >= 0.6 is 0 Å². The van der Waals surface area contributed by atoms with Crippen molar-refractivity contribution >= 4 is 28.3 Å². The van der Waals surface area contributed by atoms with E-state index in [1.165, 1.54) is 0 Å². The first-order valence-electron chi connectivity index (χ1n) is 13.1. The predicted molar refractivity (Wildman–Crippen MR) is 154 cm³/mol. The zero-order valence-electron chi connectivity index (χ0n) is 22.3. The highest BCUT2D eigenvalue weighted by Gasteiger charge is 2.17. The third kappa shape index (κ3) is 7.14. The summed E-state index contributed by atoms with van der Waals surface area (Å²) < 4.78 is 34.9. The molecule has 4 N–H and O–H groups in total. The van der Waals surface area contributed by atoms with E-state index in [-0.39, 0.29) is 6.10 Å². The average Bonchev–Trinajstić information content (AvgIpc) is 3.50. The molecule has 1 fully saturated rings. The number of aromatic nitrogens is 4. The van der Waals surface area contributed by atoms with Crippen LogP contribution in [-0.4, -0.2) is 56.7 Å². The van der Waals surface area contributed by atoms with E-state index in [9.17, 15) is 4.21 Å². The SMILES string of the molecule is COc1cc(Nc2nccc(-c3ccc(OC4CCOCC4)c(N)c3)n2)ccc1S(=O)NCCCn1ccnc1. The molecule has 1 unspecified atom stereocenters. The van der Waals surface area contributed by atoms with Crippen molar-refractivity contribution in [1.82, 2.24) is 24.2 Å². The van der Waals surface area contributed by atoms with Gasteiger partial charge in [0.25, 0.3) is 0 Å². The van der Waals surface area contributed by atoms with Gasteiger partial charge in [-0.25, -0.2) is 23.9 Å². The first kappa shape index (κ1) is 27.6. The Labute approximate surface area is 235 Å². The fraction of sp³-hybridized carbons (Fsp3) is 0.321. The van der Waals surface area contributed by atoms with Gasteiger partial charge in [-0.3, -0.25) is 0 Å². The van der Waals surface area contributed by atoms with Crippen molar-refractivity contribution in [2.45, 2.75) is 36.8 Å². The number of ether oxygens (including phenoxy) is 3. The number of hydrogen-bond acceptors (Lipinski definition) is 9. The number of rotatable bonds is 12. The maximum absolute atomic E-state index is 12.9. The molecule has 4 aromatic rings. The zero-order chi connectivity index (χ0) is 27.7. The van der Waals surface area contributed by atoms with Gasteiger partial charge in [0.2, 0.25) is 5.95 Å². The van der Waals surface area contributed by atoms with Crippen molar-refractivity contribution in [3.05, 3.63) is 67.4 Å². The van der Waals surface area contributed by atoms with Gasteiger partial charge in [-0.1, -0.05) is 0 Å². The van der Waals surface area contributed by atoms with Gasteiger partial charge in [0.15, 0.2) is 0 Å². The van der Waals surface area contributed by atoms with Crippen molar-refractivity contribution in [2.24, 2.45) is 0 Å². The van der Waals surface area contributed by atoms with Crippen LogP contribution < -0.4 is 25.2 Å². The largest absolute Gasteiger partial charge is 0.495 e. The summed E-state index contributed by atoms with van der Waals surface area (Å²) in [4.78, 5) is 13.6. The molecule has 1 aliphatic heterocycles. The number of hydrogen-bond donors (Lipinski definition) is 3. The van der Waals surface area contributed by atoms with Gasteiger partial charge in [0.1, 0.15) is 28.6 Å². The number of imidazole rings is 1. The quantitative estimate of drug-likeness (QED) is 0.173. The number of nitrogens with zero attached hydrogens (tertiary/aromatic N) is 4. The van der Waals surface area contributed by atoms with E-state index in [1.54, 1.807) is 38.0 Å². The summed E-state index contributed by atoms with van der Waals surface area (Å²) >= 11 is 0. The Bertz CT molecular complexity index is 1430. The molecule has 3 heterocycles. The van der Waals surface area contributed by atoms with E-state index in [0.717, 1.165) is 31.4 Å². The molecule has 0 bridgehead atoms. The van der Waals surface area contributed by atoms with Crippen molar-refractivity contribution in [3.63, 3.8) is 0 Å². The minimum Gasteiger partial charge on any atom is -0.495 e. The Balaban J connectivity index is 1.21. The lowest BCUT2D eigenvalue weighted by atomic mass is 10.1. The third-order valence-electron chi connectivity index (χ3n) is 6.43. The second-order valence-corrected chi connectivity index (χ2v) is 10.5. The van der Waals surface area contributed by atoms with Crippen LogP contribution in [-0.2, 0) is 22.3 Å². The molecule has 1 saturated heterocycles. The van der Waals surface area contributed by atoms with Crippen LogP contribution in [0, 0.1) is 0 Å². The summed E-state index contributed by atoms with van der Waals surface area (Å²) in [7, 11) is 0.131. The molecule has 1 atom stereocenters. The maximum atomic E-state index is 12.9. The lowest BCUT2D eigenvalue weighted by Gasteiger charge is -2.24. The van der Waals surface area contributed by atoms with Crippen LogP contribution in [0.15, 0.2) is 72.3 Å². The first-order valence-corrected chi connectivity index (χ1v) is 14.3.